The van der Waals surface area contributed by atoms with E-state index in [0.717, 1.165) is 11.3 Å². The summed E-state index contributed by atoms with van der Waals surface area (Å²) in [6, 6.07) is 7.68. The van der Waals surface area contributed by atoms with Crippen molar-refractivity contribution in [2.45, 2.75) is 32.2 Å². The van der Waals surface area contributed by atoms with Crippen LogP contribution in [0.2, 0.25) is 0 Å². The zero-order valence-corrected chi connectivity index (χ0v) is 13.9. The topological polar surface area (TPSA) is 67.9 Å². The summed E-state index contributed by atoms with van der Waals surface area (Å²) in [5.41, 5.74) is 0.631. The van der Waals surface area contributed by atoms with Crippen LogP contribution in [0.1, 0.15) is 25.8 Å². The number of ether oxygens (including phenoxy) is 2. The molecule has 1 N–H and O–H groups in total. The van der Waals surface area contributed by atoms with E-state index in [2.05, 4.69) is 5.32 Å². The van der Waals surface area contributed by atoms with E-state index >= 15 is 0 Å². The van der Waals surface area contributed by atoms with Gasteiger partial charge in [-0.15, -0.1) is 0 Å². The van der Waals surface area contributed by atoms with Crippen LogP contribution in [0.15, 0.2) is 24.3 Å². The molecule has 1 aromatic carbocycles. The van der Waals surface area contributed by atoms with Crippen LogP contribution in [-0.2, 0) is 16.0 Å². The second-order valence-corrected chi connectivity index (χ2v) is 6.20. The molecule has 0 saturated carbocycles. The average molecular weight is 320 g/mol. The van der Waals surface area contributed by atoms with Crippen molar-refractivity contribution in [2.75, 3.05) is 26.8 Å². The number of amides is 2. The molecule has 1 fully saturated rings. The fraction of sp³-hybridized carbons (Fsp3) is 0.529. The lowest BCUT2D eigenvalue weighted by molar-refractivity contribution is -0.121. The van der Waals surface area contributed by atoms with Gasteiger partial charge in [0.15, 0.2) is 0 Å². The highest BCUT2D eigenvalue weighted by atomic mass is 16.6. The molecular weight excluding hydrogens is 296 g/mol. The first-order valence-corrected chi connectivity index (χ1v) is 7.76. The SMILES string of the molecule is COc1ccc(CCC(=O)NCC(C)(C)N2CCOC2=O)cc1. The van der Waals surface area contributed by atoms with Gasteiger partial charge in [0.2, 0.25) is 5.91 Å². The molecule has 23 heavy (non-hydrogen) atoms. The van der Waals surface area contributed by atoms with Gasteiger partial charge in [-0.1, -0.05) is 12.1 Å². The van der Waals surface area contributed by atoms with Crippen LogP contribution in [0.4, 0.5) is 4.79 Å². The van der Waals surface area contributed by atoms with Gasteiger partial charge in [0.25, 0.3) is 0 Å². The fourth-order valence-electron chi connectivity index (χ4n) is 2.49. The van der Waals surface area contributed by atoms with Crippen LogP contribution < -0.4 is 10.1 Å². The number of rotatable bonds is 7. The molecule has 0 bridgehead atoms. The van der Waals surface area contributed by atoms with E-state index in [1.54, 1.807) is 12.0 Å². The molecule has 1 saturated heterocycles. The number of aryl methyl sites for hydroxylation is 1. The highest BCUT2D eigenvalue weighted by molar-refractivity contribution is 5.76. The van der Waals surface area contributed by atoms with Gasteiger partial charge in [-0.3, -0.25) is 9.69 Å². The van der Waals surface area contributed by atoms with Gasteiger partial charge < -0.3 is 14.8 Å². The standard InChI is InChI=1S/C17H24N2O4/c1-17(2,19-10-11-23-16(19)21)12-18-15(20)9-6-13-4-7-14(22-3)8-5-13/h4-5,7-8H,6,9-12H2,1-3H3,(H,18,20). The van der Waals surface area contributed by atoms with E-state index in [4.69, 9.17) is 9.47 Å². The van der Waals surface area contributed by atoms with Gasteiger partial charge in [-0.2, -0.15) is 0 Å². The Balaban J connectivity index is 1.77. The van der Waals surface area contributed by atoms with Crippen LogP contribution >= 0.6 is 0 Å². The number of nitrogens with one attached hydrogen (secondary N) is 1. The maximum absolute atomic E-state index is 12.0. The summed E-state index contributed by atoms with van der Waals surface area (Å²) in [5, 5.41) is 2.90. The number of carbonyl (C=O) groups is 2. The fourth-order valence-corrected chi connectivity index (χ4v) is 2.49. The molecule has 0 atom stereocenters. The number of nitrogens with zero attached hydrogens (tertiary/aromatic N) is 1. The first-order valence-electron chi connectivity index (χ1n) is 7.76. The Bertz CT molecular complexity index is 554. The first-order chi connectivity index (χ1) is 10.9. The highest BCUT2D eigenvalue weighted by Gasteiger charge is 2.35. The molecule has 1 aliphatic rings. The van der Waals surface area contributed by atoms with Gasteiger partial charge in [0.05, 0.1) is 19.2 Å². The van der Waals surface area contributed by atoms with Crippen LogP contribution in [-0.4, -0.2) is 49.2 Å². The van der Waals surface area contributed by atoms with Crippen LogP contribution in [0.5, 0.6) is 5.75 Å². The molecule has 6 nitrogen and oxygen atoms in total. The van der Waals surface area contributed by atoms with Crippen molar-refractivity contribution in [1.29, 1.82) is 0 Å². The van der Waals surface area contributed by atoms with Gasteiger partial charge in [-0.25, -0.2) is 4.79 Å². The summed E-state index contributed by atoms with van der Waals surface area (Å²) in [5.74, 6) is 0.777. The van der Waals surface area contributed by atoms with E-state index in [9.17, 15) is 9.59 Å². The van der Waals surface area contributed by atoms with Crippen molar-refractivity contribution in [1.82, 2.24) is 10.2 Å². The minimum Gasteiger partial charge on any atom is -0.497 e. The number of carbonyl (C=O) groups excluding carboxylic acids is 2. The lowest BCUT2D eigenvalue weighted by Gasteiger charge is -2.33. The summed E-state index contributed by atoms with van der Waals surface area (Å²) >= 11 is 0. The lowest BCUT2D eigenvalue weighted by Crippen LogP contribution is -2.52. The molecule has 0 radical (unpaired) electrons. The van der Waals surface area contributed by atoms with E-state index in [0.29, 0.717) is 32.5 Å². The number of hydrogen-bond acceptors (Lipinski definition) is 4. The molecule has 0 spiro atoms. The van der Waals surface area contributed by atoms with Crippen LogP contribution in [0.3, 0.4) is 0 Å². The largest absolute Gasteiger partial charge is 0.497 e. The Labute approximate surface area is 136 Å². The van der Waals surface area contributed by atoms with Crippen molar-refractivity contribution < 1.29 is 19.1 Å². The zero-order valence-electron chi connectivity index (χ0n) is 13.9. The predicted octanol–water partition coefficient (Wildman–Crippen LogP) is 1.97. The summed E-state index contributed by atoms with van der Waals surface area (Å²) in [6.07, 6.45) is 0.761. The third-order valence-electron chi connectivity index (χ3n) is 4.01. The number of methoxy groups -OCH3 is 1. The minimum atomic E-state index is -0.455. The van der Waals surface area contributed by atoms with Crippen LogP contribution in [0.25, 0.3) is 0 Å². The van der Waals surface area contributed by atoms with Crippen LogP contribution in [0, 0.1) is 0 Å². The molecule has 0 aliphatic carbocycles. The Morgan fingerprint density at radius 2 is 2.04 bits per heavy atom. The quantitative estimate of drug-likeness (QED) is 0.834. The molecule has 1 heterocycles. The summed E-state index contributed by atoms with van der Waals surface area (Å²) in [6.45, 7) is 5.22. The summed E-state index contributed by atoms with van der Waals surface area (Å²) < 4.78 is 10.1. The van der Waals surface area contributed by atoms with E-state index < -0.39 is 5.54 Å². The Morgan fingerprint density at radius 1 is 1.35 bits per heavy atom. The van der Waals surface area contributed by atoms with Crippen molar-refractivity contribution in [3.05, 3.63) is 29.8 Å². The zero-order chi connectivity index (χ0) is 16.9. The molecular formula is C17H24N2O4. The molecule has 6 heteroatoms. The third-order valence-corrected chi connectivity index (χ3v) is 4.01. The van der Waals surface area contributed by atoms with Crippen molar-refractivity contribution in [2.24, 2.45) is 0 Å². The molecule has 126 valence electrons. The molecule has 0 aromatic heterocycles. The molecule has 1 aliphatic heterocycles. The van der Waals surface area contributed by atoms with Gasteiger partial charge in [0.1, 0.15) is 12.4 Å². The number of benzene rings is 1. The molecule has 2 rings (SSSR count). The summed E-state index contributed by atoms with van der Waals surface area (Å²) in [4.78, 5) is 25.3. The monoisotopic (exact) mass is 320 g/mol. The predicted molar refractivity (Wildman–Crippen MR) is 86.5 cm³/mol. The normalized spacial score (nSPS) is 14.6. The second kappa shape index (κ2) is 7.35. The number of hydrogen-bond donors (Lipinski definition) is 1. The highest BCUT2D eigenvalue weighted by Crippen LogP contribution is 2.18. The van der Waals surface area contributed by atoms with Crippen molar-refractivity contribution >= 4 is 12.0 Å². The Morgan fingerprint density at radius 3 is 2.61 bits per heavy atom. The molecule has 2 amide bonds. The van der Waals surface area contributed by atoms with Gasteiger partial charge in [-0.05, 0) is 38.0 Å². The van der Waals surface area contributed by atoms with E-state index in [1.807, 2.05) is 38.1 Å². The maximum Gasteiger partial charge on any atom is 0.410 e. The van der Waals surface area contributed by atoms with E-state index in [-0.39, 0.29) is 12.0 Å². The molecule has 0 unspecified atom stereocenters. The third kappa shape index (κ3) is 4.61. The first kappa shape index (κ1) is 17.1. The Kier molecular flexibility index (Phi) is 5.47. The van der Waals surface area contributed by atoms with Crippen molar-refractivity contribution in [3.8, 4) is 5.75 Å². The second-order valence-electron chi connectivity index (χ2n) is 6.20. The average Bonchev–Trinajstić information content (AvgIpc) is 2.98. The van der Waals surface area contributed by atoms with Crippen molar-refractivity contribution in [3.63, 3.8) is 0 Å². The minimum absolute atomic E-state index is 0.0264. The molecule has 1 aromatic rings. The van der Waals surface area contributed by atoms with E-state index in [1.165, 1.54) is 0 Å². The van der Waals surface area contributed by atoms with Gasteiger partial charge >= 0.3 is 6.09 Å². The lowest BCUT2D eigenvalue weighted by atomic mass is 10.0. The Hall–Kier alpha value is -2.24. The smallest absolute Gasteiger partial charge is 0.410 e. The maximum atomic E-state index is 12.0. The van der Waals surface area contributed by atoms with Gasteiger partial charge in [0, 0.05) is 13.0 Å². The summed E-state index contributed by atoms with van der Waals surface area (Å²) in [7, 11) is 1.63. The number of cyclic esters (lactones) is 1.